The van der Waals surface area contributed by atoms with Crippen molar-refractivity contribution in [2.75, 3.05) is 0 Å². The van der Waals surface area contributed by atoms with Crippen molar-refractivity contribution in [1.82, 2.24) is 9.55 Å². The number of aldehydes is 1. The Bertz CT molecular complexity index is 747. The quantitative estimate of drug-likeness (QED) is 0.635. The van der Waals surface area contributed by atoms with Gasteiger partial charge < -0.3 is 14.0 Å². The molecule has 7 nitrogen and oxygen atoms in total. The largest absolute Gasteiger partial charge is 0.411 e. The lowest BCUT2D eigenvalue weighted by molar-refractivity contribution is -0.112. The average Bonchev–Trinajstić information content (AvgIpc) is 2.84. The van der Waals surface area contributed by atoms with E-state index in [1.54, 1.807) is 6.92 Å². The van der Waals surface area contributed by atoms with Gasteiger partial charge in [0.1, 0.15) is 12.5 Å². The van der Waals surface area contributed by atoms with Gasteiger partial charge in [0, 0.05) is 24.6 Å². The van der Waals surface area contributed by atoms with Gasteiger partial charge >= 0.3 is 5.69 Å². The first kappa shape index (κ1) is 19.8. The summed E-state index contributed by atoms with van der Waals surface area (Å²) in [5.74, 6) is 0. The Labute approximate surface area is 148 Å². The first-order valence-corrected chi connectivity index (χ1v) is 11.5. The van der Waals surface area contributed by atoms with Crippen molar-refractivity contribution in [3.05, 3.63) is 32.6 Å². The molecular weight excluding hydrogens is 340 g/mol. The summed E-state index contributed by atoms with van der Waals surface area (Å²) < 4.78 is 13.8. The molecule has 0 aromatic carbocycles. The van der Waals surface area contributed by atoms with Crippen molar-refractivity contribution in [3.8, 4) is 0 Å². The van der Waals surface area contributed by atoms with Crippen LogP contribution in [0.4, 0.5) is 0 Å². The van der Waals surface area contributed by atoms with Crippen LogP contribution >= 0.6 is 0 Å². The van der Waals surface area contributed by atoms with Crippen molar-refractivity contribution in [2.24, 2.45) is 0 Å². The lowest BCUT2D eigenvalue weighted by atomic mass is 10.1. The van der Waals surface area contributed by atoms with Gasteiger partial charge in [-0.15, -0.1) is 0 Å². The lowest BCUT2D eigenvalue weighted by Gasteiger charge is -2.39. The van der Waals surface area contributed by atoms with Gasteiger partial charge in [-0.1, -0.05) is 20.8 Å². The minimum atomic E-state index is -2.05. The molecule has 1 aromatic heterocycles. The number of aryl methyl sites for hydroxylation is 1. The zero-order valence-electron chi connectivity index (χ0n) is 15.8. The highest BCUT2D eigenvalue weighted by Gasteiger charge is 2.45. The average molecular weight is 369 g/mol. The van der Waals surface area contributed by atoms with Crippen LogP contribution in [0, 0.1) is 6.92 Å². The molecule has 0 amide bonds. The van der Waals surface area contributed by atoms with E-state index in [2.05, 4.69) is 38.8 Å². The van der Waals surface area contributed by atoms with Crippen LogP contribution in [0.2, 0.25) is 18.1 Å². The van der Waals surface area contributed by atoms with E-state index >= 15 is 0 Å². The summed E-state index contributed by atoms with van der Waals surface area (Å²) in [4.78, 5) is 37.0. The fourth-order valence-electron chi connectivity index (χ4n) is 2.66. The summed E-state index contributed by atoms with van der Waals surface area (Å²) in [7, 11) is -2.05. The molecule has 3 atom stereocenters. The first-order valence-electron chi connectivity index (χ1n) is 8.55. The molecule has 0 aliphatic carbocycles. The van der Waals surface area contributed by atoms with Gasteiger partial charge in [-0.05, 0) is 25.1 Å². The van der Waals surface area contributed by atoms with Gasteiger partial charge in [0.15, 0.2) is 8.32 Å². The van der Waals surface area contributed by atoms with E-state index in [0.717, 1.165) is 6.29 Å². The molecule has 8 heteroatoms. The van der Waals surface area contributed by atoms with Gasteiger partial charge in [-0.2, -0.15) is 0 Å². The molecule has 0 bridgehead atoms. The maximum Gasteiger partial charge on any atom is 0.330 e. The van der Waals surface area contributed by atoms with E-state index < -0.39 is 31.9 Å². The van der Waals surface area contributed by atoms with E-state index in [9.17, 15) is 14.4 Å². The van der Waals surface area contributed by atoms with Crippen LogP contribution in [-0.2, 0) is 14.0 Å². The topological polar surface area (TPSA) is 90.4 Å². The van der Waals surface area contributed by atoms with Crippen LogP contribution < -0.4 is 11.2 Å². The van der Waals surface area contributed by atoms with Crippen molar-refractivity contribution < 1.29 is 14.0 Å². The Morgan fingerprint density at radius 3 is 2.60 bits per heavy atom. The maximum atomic E-state index is 12.1. The van der Waals surface area contributed by atoms with Gasteiger partial charge in [-0.3, -0.25) is 14.3 Å². The molecule has 2 heterocycles. The van der Waals surface area contributed by atoms with Crippen molar-refractivity contribution in [2.45, 2.75) is 77.1 Å². The summed E-state index contributed by atoms with van der Waals surface area (Å²) in [5.41, 5.74) is -0.486. The Morgan fingerprint density at radius 1 is 1.40 bits per heavy atom. The van der Waals surface area contributed by atoms with Crippen LogP contribution in [-0.4, -0.2) is 36.4 Å². The number of carbonyl (C=O) groups is 1. The molecule has 1 aliphatic rings. The number of nitrogens with one attached hydrogen (secondary N) is 1. The summed E-state index contributed by atoms with van der Waals surface area (Å²) in [6.07, 6.45) is 1.80. The minimum Gasteiger partial charge on any atom is -0.411 e. The van der Waals surface area contributed by atoms with E-state index in [1.165, 1.54) is 10.8 Å². The Hall–Kier alpha value is -1.51. The lowest BCUT2D eigenvalue weighted by Crippen LogP contribution is -2.46. The molecule has 0 unspecified atom stereocenters. The number of H-pyrrole nitrogens is 1. The van der Waals surface area contributed by atoms with Crippen molar-refractivity contribution >= 4 is 14.6 Å². The number of carbonyl (C=O) groups excluding carboxylic acids is 1. The standard InChI is InChI=1S/C17H28N2O5Si/c1-11-10-19(16(22)18-15(11)21)14-9-13(12(23-14)7-8-20)24-25(5,6)17(2,3)4/h8,10,12-14H,7,9H2,1-6H3,(H,18,21,22)/t12-,13-,14-/m1/s1. The van der Waals surface area contributed by atoms with E-state index in [0.29, 0.717) is 12.0 Å². The second kappa shape index (κ2) is 7.01. The highest BCUT2D eigenvalue weighted by molar-refractivity contribution is 6.74. The second-order valence-corrected chi connectivity index (χ2v) is 12.9. The Balaban J connectivity index is 2.29. The highest BCUT2D eigenvalue weighted by atomic mass is 28.4. The smallest absolute Gasteiger partial charge is 0.330 e. The third-order valence-corrected chi connectivity index (χ3v) is 9.72. The molecule has 0 spiro atoms. The van der Waals surface area contributed by atoms with Crippen LogP contribution in [0.3, 0.4) is 0 Å². The number of hydrogen-bond acceptors (Lipinski definition) is 5. The molecule has 1 saturated heterocycles. The number of aromatic nitrogens is 2. The molecule has 1 N–H and O–H groups in total. The zero-order chi connectivity index (χ0) is 19.0. The number of nitrogens with zero attached hydrogens (tertiary/aromatic N) is 1. The number of rotatable bonds is 5. The molecule has 2 rings (SSSR count). The predicted octanol–water partition coefficient (Wildman–Crippen LogP) is 2.11. The molecular formula is C17H28N2O5Si. The molecule has 1 aliphatic heterocycles. The monoisotopic (exact) mass is 368 g/mol. The SMILES string of the molecule is Cc1cn([C@H]2C[C@@H](O[Si](C)(C)C(C)(C)C)[C@@H](CC=O)O2)c(=O)[nH]c1=O. The van der Waals surface area contributed by atoms with E-state index in [1.807, 2.05) is 0 Å². The van der Waals surface area contributed by atoms with Crippen LogP contribution in [0.15, 0.2) is 15.8 Å². The summed E-state index contributed by atoms with van der Waals surface area (Å²) in [6.45, 7) is 12.4. The minimum absolute atomic E-state index is 0.0300. The van der Waals surface area contributed by atoms with Crippen molar-refractivity contribution in [1.29, 1.82) is 0 Å². The summed E-state index contributed by atoms with van der Waals surface area (Å²) >= 11 is 0. The van der Waals surface area contributed by atoms with Gasteiger partial charge in [0.2, 0.25) is 0 Å². The Kier molecular flexibility index (Phi) is 5.55. The van der Waals surface area contributed by atoms with Crippen LogP contribution in [0.25, 0.3) is 0 Å². The van der Waals surface area contributed by atoms with Crippen LogP contribution in [0.5, 0.6) is 0 Å². The fraction of sp³-hybridized carbons (Fsp3) is 0.706. The normalized spacial score (nSPS) is 24.5. The van der Waals surface area contributed by atoms with Crippen LogP contribution in [0.1, 0.15) is 45.4 Å². The maximum absolute atomic E-state index is 12.1. The van der Waals surface area contributed by atoms with E-state index in [-0.39, 0.29) is 17.6 Å². The summed E-state index contributed by atoms with van der Waals surface area (Å²) in [5, 5.41) is 0.0300. The zero-order valence-corrected chi connectivity index (χ0v) is 16.8. The number of aromatic amines is 1. The second-order valence-electron chi connectivity index (χ2n) is 8.16. The third-order valence-electron chi connectivity index (χ3n) is 5.22. The van der Waals surface area contributed by atoms with Gasteiger partial charge in [0.25, 0.3) is 5.56 Å². The molecule has 25 heavy (non-hydrogen) atoms. The molecule has 1 fully saturated rings. The molecule has 1 aromatic rings. The van der Waals surface area contributed by atoms with Gasteiger partial charge in [-0.25, -0.2) is 4.79 Å². The third kappa shape index (κ3) is 4.19. The molecule has 0 radical (unpaired) electrons. The number of ether oxygens (including phenoxy) is 1. The Morgan fingerprint density at radius 2 is 2.04 bits per heavy atom. The molecule has 140 valence electrons. The van der Waals surface area contributed by atoms with Crippen molar-refractivity contribution in [3.63, 3.8) is 0 Å². The number of hydrogen-bond donors (Lipinski definition) is 1. The highest BCUT2D eigenvalue weighted by Crippen LogP contribution is 2.41. The molecule has 0 saturated carbocycles. The summed E-state index contributed by atoms with van der Waals surface area (Å²) in [6, 6.07) is 0. The van der Waals surface area contributed by atoms with Gasteiger partial charge in [0.05, 0.1) is 12.2 Å². The first-order chi connectivity index (χ1) is 11.5. The predicted molar refractivity (Wildman–Crippen MR) is 97.3 cm³/mol. The van der Waals surface area contributed by atoms with E-state index in [4.69, 9.17) is 9.16 Å². The fourth-order valence-corrected chi connectivity index (χ4v) is 4.01.